The smallest absolute Gasteiger partial charge is 0.326 e. The molecule has 2 amide bonds. The maximum Gasteiger partial charge on any atom is 0.326 e. The molecule has 6 heteroatoms. The summed E-state index contributed by atoms with van der Waals surface area (Å²) >= 11 is 0. The molecule has 2 N–H and O–H groups in total. The third kappa shape index (κ3) is 4.18. The van der Waals surface area contributed by atoms with Gasteiger partial charge in [0.05, 0.1) is 12.2 Å². The van der Waals surface area contributed by atoms with E-state index in [2.05, 4.69) is 5.32 Å². The van der Waals surface area contributed by atoms with E-state index >= 15 is 0 Å². The van der Waals surface area contributed by atoms with E-state index in [0.29, 0.717) is 25.9 Å². The Labute approximate surface area is 107 Å². The van der Waals surface area contributed by atoms with Crippen LogP contribution in [0.3, 0.4) is 0 Å². The Balaban J connectivity index is 2.55. The van der Waals surface area contributed by atoms with Crippen molar-refractivity contribution < 1.29 is 19.4 Å². The molecule has 0 aromatic rings. The third-order valence-electron chi connectivity index (χ3n) is 2.88. The van der Waals surface area contributed by atoms with Gasteiger partial charge in [-0.05, 0) is 20.3 Å². The zero-order valence-corrected chi connectivity index (χ0v) is 11.2. The fraction of sp³-hybridized carbons (Fsp3) is 0.833. The van der Waals surface area contributed by atoms with Gasteiger partial charge in [-0.1, -0.05) is 13.3 Å². The number of rotatable bonds is 4. The molecule has 1 aliphatic heterocycles. The van der Waals surface area contributed by atoms with Crippen LogP contribution in [-0.2, 0) is 9.53 Å². The topological polar surface area (TPSA) is 78.9 Å². The van der Waals surface area contributed by atoms with E-state index in [0.717, 1.165) is 0 Å². The minimum atomic E-state index is -0.987. The van der Waals surface area contributed by atoms with Crippen LogP contribution in [0.25, 0.3) is 0 Å². The molecule has 2 unspecified atom stereocenters. The maximum atomic E-state index is 12.0. The van der Waals surface area contributed by atoms with E-state index in [1.807, 2.05) is 20.8 Å². The van der Waals surface area contributed by atoms with Crippen LogP contribution in [-0.4, -0.2) is 53.3 Å². The molecule has 0 saturated carbocycles. The van der Waals surface area contributed by atoms with E-state index in [1.54, 1.807) is 4.90 Å². The molecule has 0 aliphatic carbocycles. The summed E-state index contributed by atoms with van der Waals surface area (Å²) in [5.74, 6) is -0.987. The average molecular weight is 258 g/mol. The Bertz CT molecular complexity index is 298. The van der Waals surface area contributed by atoms with E-state index in [9.17, 15) is 9.59 Å². The number of carboxylic acids is 1. The molecule has 1 heterocycles. The lowest BCUT2D eigenvalue weighted by Crippen LogP contribution is -2.54. The predicted octanol–water partition coefficient (Wildman–Crippen LogP) is 1.06. The predicted molar refractivity (Wildman–Crippen MR) is 66.4 cm³/mol. The molecule has 0 radical (unpaired) electrons. The zero-order valence-electron chi connectivity index (χ0n) is 11.2. The largest absolute Gasteiger partial charge is 0.480 e. The zero-order chi connectivity index (χ0) is 13.7. The summed E-state index contributed by atoms with van der Waals surface area (Å²) in [4.78, 5) is 24.6. The van der Waals surface area contributed by atoms with Crippen molar-refractivity contribution in [3.63, 3.8) is 0 Å². The number of morpholine rings is 1. The van der Waals surface area contributed by atoms with E-state index < -0.39 is 12.0 Å². The monoisotopic (exact) mass is 258 g/mol. The third-order valence-corrected chi connectivity index (χ3v) is 2.88. The Morgan fingerprint density at radius 2 is 1.94 bits per heavy atom. The summed E-state index contributed by atoms with van der Waals surface area (Å²) in [5, 5.41) is 11.6. The van der Waals surface area contributed by atoms with Crippen molar-refractivity contribution in [1.29, 1.82) is 0 Å². The van der Waals surface area contributed by atoms with Gasteiger partial charge in [0.15, 0.2) is 0 Å². The van der Waals surface area contributed by atoms with Crippen LogP contribution < -0.4 is 5.32 Å². The van der Waals surface area contributed by atoms with E-state index in [-0.39, 0.29) is 18.2 Å². The number of amides is 2. The molecule has 3 atom stereocenters. The Hall–Kier alpha value is -1.30. The fourth-order valence-electron chi connectivity index (χ4n) is 2.13. The minimum absolute atomic E-state index is 0.0195. The summed E-state index contributed by atoms with van der Waals surface area (Å²) in [6, 6.07) is -1.13. The van der Waals surface area contributed by atoms with Gasteiger partial charge in [0.1, 0.15) is 6.04 Å². The van der Waals surface area contributed by atoms with Gasteiger partial charge < -0.3 is 20.1 Å². The van der Waals surface area contributed by atoms with Gasteiger partial charge in [0.25, 0.3) is 0 Å². The molecule has 0 aromatic carbocycles. The van der Waals surface area contributed by atoms with Crippen molar-refractivity contribution in [2.24, 2.45) is 0 Å². The molecule has 6 nitrogen and oxygen atoms in total. The number of carboxylic acid groups (broad SMARTS) is 1. The van der Waals surface area contributed by atoms with Crippen molar-refractivity contribution >= 4 is 12.0 Å². The number of carbonyl (C=O) groups is 2. The Kier molecular flexibility index (Phi) is 5.40. The number of hydrogen-bond donors (Lipinski definition) is 2. The van der Waals surface area contributed by atoms with Crippen molar-refractivity contribution in [2.45, 2.75) is 51.9 Å². The summed E-state index contributed by atoms with van der Waals surface area (Å²) in [6.07, 6.45) is 1.12. The van der Waals surface area contributed by atoms with Gasteiger partial charge in [-0.2, -0.15) is 0 Å². The van der Waals surface area contributed by atoms with E-state index in [4.69, 9.17) is 9.84 Å². The number of ether oxygens (including phenoxy) is 1. The lowest BCUT2D eigenvalue weighted by atomic mass is 10.1. The summed E-state index contributed by atoms with van der Waals surface area (Å²) in [5.41, 5.74) is 0. The van der Waals surface area contributed by atoms with Crippen LogP contribution in [0.15, 0.2) is 0 Å². The van der Waals surface area contributed by atoms with Crippen LogP contribution in [0.1, 0.15) is 33.6 Å². The van der Waals surface area contributed by atoms with Crippen molar-refractivity contribution in [1.82, 2.24) is 10.2 Å². The number of nitrogens with one attached hydrogen (secondary N) is 1. The van der Waals surface area contributed by atoms with Crippen LogP contribution in [0.2, 0.25) is 0 Å². The first kappa shape index (κ1) is 14.8. The van der Waals surface area contributed by atoms with Crippen LogP contribution in [0.5, 0.6) is 0 Å². The SMILES string of the molecule is CCC[C@H](NC(=O)N1CC(C)OC(C)C1)C(=O)O. The molecule has 1 saturated heterocycles. The quantitative estimate of drug-likeness (QED) is 0.790. The number of aliphatic carboxylic acids is 1. The maximum absolute atomic E-state index is 12.0. The second-order valence-corrected chi connectivity index (χ2v) is 4.79. The summed E-state index contributed by atoms with van der Waals surface area (Å²) in [7, 11) is 0. The normalized spacial score (nSPS) is 25.6. The first-order valence-corrected chi connectivity index (χ1v) is 6.37. The van der Waals surface area contributed by atoms with Gasteiger partial charge in [0.2, 0.25) is 0 Å². The highest BCUT2D eigenvalue weighted by Crippen LogP contribution is 2.11. The van der Waals surface area contributed by atoms with Crippen LogP contribution in [0.4, 0.5) is 4.79 Å². The molecule has 104 valence electrons. The number of hydrogen-bond acceptors (Lipinski definition) is 3. The lowest BCUT2D eigenvalue weighted by molar-refractivity contribution is -0.139. The molecule has 1 aliphatic rings. The van der Waals surface area contributed by atoms with Gasteiger partial charge in [-0.3, -0.25) is 0 Å². The number of urea groups is 1. The molecular formula is C12H22N2O4. The number of nitrogens with zero attached hydrogens (tertiary/aromatic N) is 1. The molecule has 0 bridgehead atoms. The standard InChI is InChI=1S/C12H22N2O4/c1-4-5-10(11(15)16)13-12(17)14-6-8(2)18-9(3)7-14/h8-10H,4-7H2,1-3H3,(H,13,17)(H,15,16)/t8?,9?,10-/m0/s1. The van der Waals surface area contributed by atoms with Gasteiger partial charge >= 0.3 is 12.0 Å². The van der Waals surface area contributed by atoms with Crippen molar-refractivity contribution in [3.05, 3.63) is 0 Å². The number of carbonyl (C=O) groups excluding carboxylic acids is 1. The first-order valence-electron chi connectivity index (χ1n) is 6.37. The molecular weight excluding hydrogens is 236 g/mol. The highest BCUT2D eigenvalue weighted by atomic mass is 16.5. The average Bonchev–Trinajstić information content (AvgIpc) is 2.26. The highest BCUT2D eigenvalue weighted by molar-refractivity contribution is 5.82. The highest BCUT2D eigenvalue weighted by Gasteiger charge is 2.28. The van der Waals surface area contributed by atoms with Crippen molar-refractivity contribution in [3.8, 4) is 0 Å². The first-order chi connectivity index (χ1) is 8.43. The van der Waals surface area contributed by atoms with Crippen molar-refractivity contribution in [2.75, 3.05) is 13.1 Å². The Morgan fingerprint density at radius 3 is 2.39 bits per heavy atom. The molecule has 1 rings (SSSR count). The van der Waals surface area contributed by atoms with E-state index in [1.165, 1.54) is 0 Å². The molecule has 1 fully saturated rings. The summed E-state index contributed by atoms with van der Waals surface area (Å²) in [6.45, 7) is 6.68. The summed E-state index contributed by atoms with van der Waals surface area (Å²) < 4.78 is 5.53. The van der Waals surface area contributed by atoms with Crippen LogP contribution in [0, 0.1) is 0 Å². The van der Waals surface area contributed by atoms with Crippen LogP contribution >= 0.6 is 0 Å². The minimum Gasteiger partial charge on any atom is -0.480 e. The van der Waals surface area contributed by atoms with Gasteiger partial charge in [-0.15, -0.1) is 0 Å². The van der Waals surface area contributed by atoms with Gasteiger partial charge in [0, 0.05) is 13.1 Å². The Morgan fingerprint density at radius 1 is 1.39 bits per heavy atom. The molecule has 0 aromatic heterocycles. The lowest BCUT2D eigenvalue weighted by Gasteiger charge is -2.35. The fourth-order valence-corrected chi connectivity index (χ4v) is 2.13. The molecule has 18 heavy (non-hydrogen) atoms. The molecule has 0 spiro atoms. The second kappa shape index (κ2) is 6.58. The second-order valence-electron chi connectivity index (χ2n) is 4.79. The van der Waals surface area contributed by atoms with Gasteiger partial charge in [-0.25, -0.2) is 9.59 Å².